The Morgan fingerprint density at radius 1 is 0.286 bits per heavy atom. The quantitative estimate of drug-likeness (QED) is 0.0456. The lowest BCUT2D eigenvalue weighted by Gasteiger charge is -2.15. The van der Waals surface area contributed by atoms with E-state index in [9.17, 15) is 0 Å². The second-order valence-electron chi connectivity index (χ2n) is 17.3. The fourth-order valence-corrected chi connectivity index (χ4v) is 7.32. The molecule has 5 rings (SSSR count). The number of rotatable bonds is 24. The molecular weight excluding hydrogens is 857 g/mol. The van der Waals surface area contributed by atoms with Gasteiger partial charge in [0.2, 0.25) is 0 Å². The number of benzene rings is 5. The number of unbranched alkanes of at least 4 members (excludes halogenated alkanes) is 12. The Bertz CT molecular complexity index is 2540. The van der Waals surface area contributed by atoms with Crippen molar-refractivity contribution in [2.45, 2.75) is 130 Å². The van der Waals surface area contributed by atoms with Crippen LogP contribution in [0.5, 0.6) is 23.0 Å². The zero-order valence-electron chi connectivity index (χ0n) is 42.2. The highest BCUT2D eigenvalue weighted by Gasteiger charge is 2.13. The third-order valence-corrected chi connectivity index (χ3v) is 11.5. The molecule has 0 aliphatic heterocycles. The highest BCUT2D eigenvalue weighted by molar-refractivity contribution is 5.63. The van der Waals surface area contributed by atoms with E-state index in [2.05, 4.69) is 86.9 Å². The molecule has 0 aromatic heterocycles. The molecule has 5 aromatic rings. The second kappa shape index (κ2) is 31.7. The van der Waals surface area contributed by atoms with Crippen LogP contribution in [0.1, 0.15) is 186 Å². The van der Waals surface area contributed by atoms with Crippen molar-refractivity contribution in [3.8, 4) is 95.0 Å². The lowest BCUT2D eigenvalue weighted by atomic mass is 10.0. The smallest absolute Gasteiger partial charge is 0.162 e. The van der Waals surface area contributed by atoms with Gasteiger partial charge in [-0.25, -0.2) is 0 Å². The van der Waals surface area contributed by atoms with Crippen LogP contribution in [-0.2, 0) is 0 Å². The van der Waals surface area contributed by atoms with Gasteiger partial charge < -0.3 is 18.9 Å². The van der Waals surface area contributed by atoms with Gasteiger partial charge >= 0.3 is 0 Å². The Hall–Kier alpha value is -7.34. The SMILES string of the molecule is C#Cc1ccc(C#Cc2cc(OCCCCCC)c(OCCCCCC)cc2C#Cc2ccc(C#Cc3cc(OCCCCCC)c(OCCCCCC)cc3C#Cc3ccc(C#C)cc3)cc2)cc1. The van der Waals surface area contributed by atoms with Crippen LogP contribution in [0.15, 0.2) is 97.1 Å². The fourth-order valence-electron chi connectivity index (χ4n) is 7.32. The van der Waals surface area contributed by atoms with Gasteiger partial charge in [0.1, 0.15) is 0 Å². The van der Waals surface area contributed by atoms with Crippen LogP contribution in [-0.4, -0.2) is 26.4 Å². The maximum Gasteiger partial charge on any atom is 0.162 e. The molecule has 4 heteroatoms. The first-order valence-corrected chi connectivity index (χ1v) is 25.7. The van der Waals surface area contributed by atoms with Gasteiger partial charge in [-0.2, -0.15) is 0 Å². The van der Waals surface area contributed by atoms with E-state index in [0.29, 0.717) is 49.4 Å². The molecule has 0 N–H and O–H groups in total. The average molecular weight is 927 g/mol. The minimum atomic E-state index is 0.605. The number of ether oxygens (including phenoxy) is 4. The summed E-state index contributed by atoms with van der Waals surface area (Å²) in [5, 5.41) is 0. The molecular formula is C66H70O4. The number of hydrogen-bond donors (Lipinski definition) is 0. The molecule has 70 heavy (non-hydrogen) atoms. The van der Waals surface area contributed by atoms with Crippen molar-refractivity contribution >= 4 is 0 Å². The van der Waals surface area contributed by atoms with Crippen LogP contribution in [0.4, 0.5) is 0 Å². The molecule has 358 valence electrons. The van der Waals surface area contributed by atoms with Crippen molar-refractivity contribution in [3.05, 3.63) is 153 Å². The topological polar surface area (TPSA) is 36.9 Å². The van der Waals surface area contributed by atoms with E-state index >= 15 is 0 Å². The highest BCUT2D eigenvalue weighted by Crippen LogP contribution is 2.33. The van der Waals surface area contributed by atoms with E-state index in [4.69, 9.17) is 31.8 Å². The lowest BCUT2D eigenvalue weighted by Crippen LogP contribution is -2.04. The summed E-state index contributed by atoms with van der Waals surface area (Å²) in [5.74, 6) is 35.2. The molecule has 0 unspecified atom stereocenters. The monoisotopic (exact) mass is 927 g/mol. The van der Waals surface area contributed by atoms with Crippen LogP contribution in [0.25, 0.3) is 0 Å². The first-order valence-electron chi connectivity index (χ1n) is 25.7. The van der Waals surface area contributed by atoms with Gasteiger partial charge in [-0.15, -0.1) is 12.8 Å². The molecule has 0 aliphatic carbocycles. The molecule has 5 aromatic carbocycles. The van der Waals surface area contributed by atoms with Gasteiger partial charge in [-0.05, 0) is 98.5 Å². The summed E-state index contributed by atoms with van der Waals surface area (Å²) in [7, 11) is 0. The van der Waals surface area contributed by atoms with Crippen molar-refractivity contribution in [1.29, 1.82) is 0 Å². The van der Waals surface area contributed by atoms with Crippen LogP contribution in [0, 0.1) is 72.1 Å². The van der Waals surface area contributed by atoms with Gasteiger partial charge in [0, 0.05) is 79.9 Å². The minimum Gasteiger partial charge on any atom is -0.490 e. The van der Waals surface area contributed by atoms with Gasteiger partial charge in [0.05, 0.1) is 26.4 Å². The average Bonchev–Trinajstić information content (AvgIpc) is 3.39. The highest BCUT2D eigenvalue weighted by atomic mass is 16.5. The van der Waals surface area contributed by atoms with Crippen molar-refractivity contribution in [1.82, 2.24) is 0 Å². The van der Waals surface area contributed by atoms with Gasteiger partial charge in [0.15, 0.2) is 23.0 Å². The molecule has 0 fully saturated rings. The summed E-state index contributed by atoms with van der Waals surface area (Å²) >= 11 is 0. The third kappa shape index (κ3) is 19.0. The van der Waals surface area contributed by atoms with Crippen LogP contribution >= 0.6 is 0 Å². The van der Waals surface area contributed by atoms with Crippen molar-refractivity contribution in [2.75, 3.05) is 26.4 Å². The summed E-state index contributed by atoms with van der Waals surface area (Å²) in [6, 6.07) is 31.3. The lowest BCUT2D eigenvalue weighted by molar-refractivity contribution is 0.258. The summed E-state index contributed by atoms with van der Waals surface area (Å²) in [6.45, 7) is 11.3. The maximum absolute atomic E-state index is 6.40. The van der Waals surface area contributed by atoms with Crippen LogP contribution in [0.2, 0.25) is 0 Å². The van der Waals surface area contributed by atoms with Crippen molar-refractivity contribution < 1.29 is 18.9 Å². The maximum atomic E-state index is 6.40. The Kier molecular flexibility index (Phi) is 24.2. The summed E-state index contributed by atoms with van der Waals surface area (Å²) in [4.78, 5) is 0. The molecule has 0 saturated heterocycles. The van der Waals surface area contributed by atoms with E-state index in [1.54, 1.807) is 0 Å². The van der Waals surface area contributed by atoms with Gasteiger partial charge in [-0.3, -0.25) is 0 Å². The second-order valence-corrected chi connectivity index (χ2v) is 17.3. The first-order chi connectivity index (χ1) is 34.5. The van der Waals surface area contributed by atoms with Crippen LogP contribution in [0.3, 0.4) is 0 Å². The first kappa shape index (κ1) is 53.6. The Morgan fingerprint density at radius 2 is 0.500 bits per heavy atom. The number of hydrogen-bond acceptors (Lipinski definition) is 4. The Balaban J connectivity index is 1.48. The van der Waals surface area contributed by atoms with E-state index in [-0.39, 0.29) is 0 Å². The van der Waals surface area contributed by atoms with Crippen LogP contribution < -0.4 is 18.9 Å². The summed E-state index contributed by atoms with van der Waals surface area (Å²) in [6.07, 6.45) is 29.0. The van der Waals surface area contributed by atoms with E-state index in [1.807, 2.05) is 97.1 Å². The molecule has 0 amide bonds. The molecule has 0 bridgehead atoms. The zero-order valence-corrected chi connectivity index (χ0v) is 42.2. The minimum absolute atomic E-state index is 0.605. The molecule has 0 spiro atoms. The largest absolute Gasteiger partial charge is 0.490 e. The molecule has 0 atom stereocenters. The van der Waals surface area contributed by atoms with E-state index in [0.717, 1.165) is 120 Å². The molecule has 0 aliphatic rings. The molecule has 4 nitrogen and oxygen atoms in total. The van der Waals surface area contributed by atoms with Gasteiger partial charge in [0.25, 0.3) is 0 Å². The Morgan fingerprint density at radius 3 is 0.700 bits per heavy atom. The number of terminal acetylenes is 2. The molecule has 0 radical (unpaired) electrons. The predicted molar refractivity (Wildman–Crippen MR) is 291 cm³/mol. The zero-order chi connectivity index (χ0) is 49.4. The predicted octanol–water partition coefficient (Wildman–Crippen LogP) is 15.1. The fraction of sp³-hybridized carbons (Fsp3) is 0.364. The summed E-state index contributed by atoms with van der Waals surface area (Å²) in [5.41, 5.74) is 8.07. The summed E-state index contributed by atoms with van der Waals surface area (Å²) < 4.78 is 25.6. The normalized spacial score (nSPS) is 10.1. The Labute approximate surface area is 421 Å². The van der Waals surface area contributed by atoms with Gasteiger partial charge in [-0.1, -0.05) is 164 Å². The third-order valence-electron chi connectivity index (χ3n) is 11.5. The van der Waals surface area contributed by atoms with Crippen molar-refractivity contribution in [2.24, 2.45) is 0 Å². The molecule has 0 saturated carbocycles. The molecule has 0 heterocycles. The van der Waals surface area contributed by atoms with E-state index < -0.39 is 0 Å². The van der Waals surface area contributed by atoms with Crippen molar-refractivity contribution in [3.63, 3.8) is 0 Å². The standard InChI is InChI=1S/C66H70O4/c1-7-13-17-21-45-67-63-49-59(41-37-55-29-25-53(11-5)26-30-55)61(51-65(63)69-47-23-19-15-9-3)43-39-57-33-35-58(36-34-57)40-44-62-52-66(70-48-24-20-16-10-4)64(68-46-22-18-14-8-2)50-60(62)42-38-56-31-27-54(12-6)28-32-56/h5-6,25-36,49-52H,7-10,13-24,45-48H2,1-4H3. The van der Waals surface area contributed by atoms with E-state index in [1.165, 1.54) is 38.5 Å².